The SMILES string of the molecule is CCCc1ccc(-c2ccc(-c3cc(F)c(C(F)(F)Oc4cc(F)c(OCCF)c(F)c4)c(F)c3)c(F)c2)cc1. The molecule has 0 N–H and O–H groups in total. The molecule has 210 valence electrons. The highest BCUT2D eigenvalue weighted by Crippen LogP contribution is 2.39. The van der Waals surface area contributed by atoms with Crippen LogP contribution in [0, 0.1) is 29.1 Å². The molecule has 0 aliphatic rings. The van der Waals surface area contributed by atoms with Crippen LogP contribution in [0.1, 0.15) is 24.5 Å². The standard InChI is InChI=1S/C30H22F8O2/c1-2-3-17-4-6-18(7-5-17)19-8-9-22(23(32)12-19)20-13-24(33)28(25(34)14-20)30(37,38)40-21-15-26(35)29(27(36)16-21)39-11-10-31/h4-9,12-16H,2-3,10-11H2,1H3. The Labute approximate surface area is 224 Å². The van der Waals surface area contributed by atoms with Gasteiger partial charge in [-0.25, -0.2) is 26.3 Å². The maximum absolute atomic E-state index is 15.0. The first-order chi connectivity index (χ1) is 19.0. The molecule has 0 spiro atoms. The van der Waals surface area contributed by atoms with Crippen molar-refractivity contribution in [1.29, 1.82) is 0 Å². The summed E-state index contributed by atoms with van der Waals surface area (Å²) in [7, 11) is 0. The molecule has 40 heavy (non-hydrogen) atoms. The lowest BCUT2D eigenvalue weighted by Gasteiger charge is -2.20. The summed E-state index contributed by atoms with van der Waals surface area (Å²) < 4.78 is 123. The lowest BCUT2D eigenvalue weighted by Crippen LogP contribution is -2.25. The third-order valence-electron chi connectivity index (χ3n) is 5.98. The van der Waals surface area contributed by atoms with Gasteiger partial charge in [-0.05, 0) is 46.9 Å². The Morgan fingerprint density at radius 3 is 1.80 bits per heavy atom. The number of hydrogen-bond donors (Lipinski definition) is 0. The molecule has 4 aromatic rings. The Morgan fingerprint density at radius 1 is 0.675 bits per heavy atom. The fourth-order valence-corrected chi connectivity index (χ4v) is 4.16. The second kappa shape index (κ2) is 12.0. The van der Waals surface area contributed by atoms with Crippen LogP contribution in [0.15, 0.2) is 66.7 Å². The third kappa shape index (κ3) is 6.21. The van der Waals surface area contributed by atoms with Gasteiger partial charge in [0.15, 0.2) is 17.4 Å². The smallest absolute Gasteiger partial charge is 0.432 e. The molecule has 4 rings (SSSR count). The summed E-state index contributed by atoms with van der Waals surface area (Å²) in [5, 5.41) is 0. The van der Waals surface area contributed by atoms with Crippen LogP contribution in [0.3, 0.4) is 0 Å². The van der Waals surface area contributed by atoms with E-state index < -0.39 is 65.5 Å². The quantitative estimate of drug-likeness (QED) is 0.178. The van der Waals surface area contributed by atoms with Crippen LogP contribution in [0.25, 0.3) is 22.3 Å². The Hall–Kier alpha value is -4.08. The van der Waals surface area contributed by atoms with E-state index in [0.717, 1.165) is 24.5 Å². The summed E-state index contributed by atoms with van der Waals surface area (Å²) in [5.74, 6) is -9.53. The molecular formula is C30H22F8O2. The normalized spacial score (nSPS) is 11.5. The van der Waals surface area contributed by atoms with E-state index in [4.69, 9.17) is 0 Å². The van der Waals surface area contributed by atoms with Gasteiger partial charge in [0.05, 0.1) is 0 Å². The first-order valence-electron chi connectivity index (χ1n) is 12.2. The molecular weight excluding hydrogens is 544 g/mol. The Kier molecular flexibility index (Phi) is 8.66. The molecule has 0 saturated heterocycles. The van der Waals surface area contributed by atoms with Gasteiger partial charge in [0, 0.05) is 17.7 Å². The summed E-state index contributed by atoms with van der Waals surface area (Å²) in [6, 6.07) is 13.0. The molecule has 0 atom stereocenters. The van der Waals surface area contributed by atoms with Crippen LogP contribution in [0.5, 0.6) is 11.5 Å². The maximum Gasteiger partial charge on any atom is 0.432 e. The fraction of sp³-hybridized carbons (Fsp3) is 0.200. The first-order valence-corrected chi connectivity index (χ1v) is 12.2. The zero-order valence-electron chi connectivity index (χ0n) is 21.0. The van der Waals surface area contributed by atoms with Gasteiger partial charge < -0.3 is 9.47 Å². The highest BCUT2D eigenvalue weighted by molar-refractivity contribution is 5.71. The Morgan fingerprint density at radius 2 is 1.25 bits per heavy atom. The molecule has 2 nitrogen and oxygen atoms in total. The van der Waals surface area contributed by atoms with Gasteiger partial charge >= 0.3 is 6.11 Å². The third-order valence-corrected chi connectivity index (χ3v) is 5.98. The van der Waals surface area contributed by atoms with Crippen molar-refractivity contribution in [3.8, 4) is 33.8 Å². The van der Waals surface area contributed by atoms with Gasteiger partial charge in [0.25, 0.3) is 0 Å². The molecule has 4 aromatic carbocycles. The van der Waals surface area contributed by atoms with Crippen molar-refractivity contribution in [2.75, 3.05) is 13.3 Å². The zero-order valence-corrected chi connectivity index (χ0v) is 21.0. The monoisotopic (exact) mass is 566 g/mol. The van der Waals surface area contributed by atoms with Crippen LogP contribution in [0.2, 0.25) is 0 Å². The lowest BCUT2D eigenvalue weighted by atomic mass is 9.97. The average molecular weight is 566 g/mol. The number of halogens is 8. The van der Waals surface area contributed by atoms with E-state index in [-0.39, 0.29) is 11.1 Å². The minimum absolute atomic E-state index is 0.243. The summed E-state index contributed by atoms with van der Waals surface area (Å²) in [5.41, 5.74) is -0.118. The molecule has 0 heterocycles. The van der Waals surface area contributed by atoms with Crippen molar-refractivity contribution in [2.45, 2.75) is 25.9 Å². The average Bonchev–Trinajstić information content (AvgIpc) is 2.88. The number of alkyl halides is 3. The van der Waals surface area contributed by atoms with Crippen molar-refractivity contribution in [3.05, 3.63) is 107 Å². The fourth-order valence-electron chi connectivity index (χ4n) is 4.16. The van der Waals surface area contributed by atoms with Crippen LogP contribution >= 0.6 is 0 Å². The van der Waals surface area contributed by atoms with E-state index in [0.29, 0.717) is 35.4 Å². The number of aryl methyl sites for hydroxylation is 1. The van der Waals surface area contributed by atoms with Crippen molar-refractivity contribution in [2.24, 2.45) is 0 Å². The van der Waals surface area contributed by atoms with Gasteiger partial charge in [-0.15, -0.1) is 0 Å². The Balaban J connectivity index is 1.60. The van der Waals surface area contributed by atoms with E-state index in [9.17, 15) is 35.1 Å². The molecule has 0 unspecified atom stereocenters. The van der Waals surface area contributed by atoms with Crippen LogP contribution in [0.4, 0.5) is 35.1 Å². The minimum atomic E-state index is -4.72. The van der Waals surface area contributed by atoms with Crippen LogP contribution < -0.4 is 9.47 Å². The van der Waals surface area contributed by atoms with E-state index in [1.165, 1.54) is 12.1 Å². The first kappa shape index (κ1) is 28.9. The number of ether oxygens (including phenoxy) is 2. The van der Waals surface area contributed by atoms with E-state index in [2.05, 4.69) is 9.47 Å². The highest BCUT2D eigenvalue weighted by atomic mass is 19.3. The predicted octanol–water partition coefficient (Wildman–Crippen LogP) is 9.15. The van der Waals surface area contributed by atoms with Gasteiger partial charge in [0.1, 0.15) is 42.0 Å². The van der Waals surface area contributed by atoms with Crippen molar-refractivity contribution in [3.63, 3.8) is 0 Å². The largest absolute Gasteiger partial charge is 0.485 e. The number of hydrogen-bond acceptors (Lipinski definition) is 2. The second-order valence-corrected chi connectivity index (χ2v) is 8.83. The van der Waals surface area contributed by atoms with E-state index >= 15 is 0 Å². The van der Waals surface area contributed by atoms with E-state index in [1.54, 1.807) is 0 Å². The minimum Gasteiger partial charge on any atom is -0.485 e. The maximum atomic E-state index is 15.0. The van der Waals surface area contributed by atoms with Crippen LogP contribution in [-0.2, 0) is 12.5 Å². The molecule has 0 aromatic heterocycles. The summed E-state index contributed by atoms with van der Waals surface area (Å²) in [4.78, 5) is 0. The highest BCUT2D eigenvalue weighted by Gasteiger charge is 2.41. The summed E-state index contributed by atoms with van der Waals surface area (Å²) in [6.07, 6.45) is -2.87. The number of benzene rings is 4. The zero-order chi connectivity index (χ0) is 29.0. The van der Waals surface area contributed by atoms with Crippen molar-refractivity contribution in [1.82, 2.24) is 0 Å². The molecule has 10 heteroatoms. The molecule has 0 bridgehead atoms. The topological polar surface area (TPSA) is 18.5 Å². The summed E-state index contributed by atoms with van der Waals surface area (Å²) >= 11 is 0. The van der Waals surface area contributed by atoms with Gasteiger partial charge in [-0.3, -0.25) is 0 Å². The lowest BCUT2D eigenvalue weighted by molar-refractivity contribution is -0.189. The van der Waals surface area contributed by atoms with Gasteiger partial charge in [0.2, 0.25) is 0 Å². The molecule has 0 radical (unpaired) electrons. The van der Waals surface area contributed by atoms with Crippen molar-refractivity contribution < 1.29 is 44.6 Å². The predicted molar refractivity (Wildman–Crippen MR) is 134 cm³/mol. The van der Waals surface area contributed by atoms with E-state index in [1.807, 2.05) is 31.2 Å². The second-order valence-electron chi connectivity index (χ2n) is 8.83. The molecule has 0 amide bonds. The Bertz CT molecular complexity index is 1460. The summed E-state index contributed by atoms with van der Waals surface area (Å²) in [6.45, 7) is 0.289. The van der Waals surface area contributed by atoms with Gasteiger partial charge in [-0.2, -0.15) is 8.78 Å². The molecule has 0 fully saturated rings. The number of rotatable bonds is 10. The molecule has 0 aliphatic carbocycles. The molecule has 0 aliphatic heterocycles. The van der Waals surface area contributed by atoms with Crippen molar-refractivity contribution >= 4 is 0 Å². The molecule has 0 saturated carbocycles. The van der Waals surface area contributed by atoms with Crippen LogP contribution in [-0.4, -0.2) is 13.3 Å². The van der Waals surface area contributed by atoms with Gasteiger partial charge in [-0.1, -0.05) is 49.7 Å².